The molecule has 0 fully saturated rings. The van der Waals surface area contributed by atoms with Crippen LogP contribution in [-0.2, 0) is 19.1 Å². The van der Waals surface area contributed by atoms with E-state index in [1.165, 1.54) is 0 Å². The van der Waals surface area contributed by atoms with Crippen LogP contribution in [0.3, 0.4) is 0 Å². The maximum Gasteiger partial charge on any atom is 0.407 e. The summed E-state index contributed by atoms with van der Waals surface area (Å²) in [6.45, 7) is 5.06. The standard InChI is InChI=1S/C23H24N4O5/c1-23(2,3)32-20(28)12-19(21(29)26-27-24)25-22(30)31-13-18-16-10-6-4-8-14(16)15-9-5-7-11-17(15)18/h4-11,18-19H,12-13H2,1-3H3,(H,25,30)/t19-/m0/s1. The van der Waals surface area contributed by atoms with Crippen molar-refractivity contribution in [3.05, 3.63) is 70.1 Å². The highest BCUT2D eigenvalue weighted by molar-refractivity contribution is 5.90. The summed E-state index contributed by atoms with van der Waals surface area (Å²) in [6, 6.07) is 14.4. The fourth-order valence-electron chi connectivity index (χ4n) is 3.65. The number of esters is 1. The smallest absolute Gasteiger partial charge is 0.407 e. The van der Waals surface area contributed by atoms with Crippen LogP contribution in [0.1, 0.15) is 44.2 Å². The van der Waals surface area contributed by atoms with Gasteiger partial charge in [-0.3, -0.25) is 9.59 Å². The Bertz CT molecular complexity index is 1040. The lowest BCUT2D eigenvalue weighted by molar-refractivity contribution is -0.156. The Morgan fingerprint density at radius 3 is 2.16 bits per heavy atom. The van der Waals surface area contributed by atoms with E-state index in [-0.39, 0.29) is 12.5 Å². The average molecular weight is 436 g/mol. The molecule has 0 radical (unpaired) electrons. The predicted octanol–water partition coefficient (Wildman–Crippen LogP) is 4.46. The van der Waals surface area contributed by atoms with Crippen LogP contribution < -0.4 is 5.32 Å². The summed E-state index contributed by atoms with van der Waals surface area (Å²) in [5.74, 6) is -1.89. The van der Waals surface area contributed by atoms with Gasteiger partial charge in [0, 0.05) is 10.8 Å². The number of ether oxygens (including phenoxy) is 2. The topological polar surface area (TPSA) is 130 Å². The number of azide groups is 1. The molecule has 0 unspecified atom stereocenters. The molecule has 0 saturated carbocycles. The Balaban J connectivity index is 1.68. The van der Waals surface area contributed by atoms with Crippen molar-refractivity contribution >= 4 is 18.0 Å². The largest absolute Gasteiger partial charge is 0.460 e. The third-order valence-corrected chi connectivity index (χ3v) is 4.87. The van der Waals surface area contributed by atoms with E-state index in [1.807, 2.05) is 48.5 Å². The number of fused-ring (bicyclic) bond motifs is 3. The molecule has 1 N–H and O–H groups in total. The number of alkyl carbamates (subject to hydrolysis) is 1. The Kier molecular flexibility index (Phi) is 6.80. The summed E-state index contributed by atoms with van der Waals surface area (Å²) >= 11 is 0. The van der Waals surface area contributed by atoms with Crippen LogP contribution in [0.25, 0.3) is 21.6 Å². The maximum atomic E-state index is 12.4. The molecule has 32 heavy (non-hydrogen) atoms. The lowest BCUT2D eigenvalue weighted by Crippen LogP contribution is -2.43. The number of hydrogen-bond acceptors (Lipinski definition) is 5. The fourth-order valence-corrected chi connectivity index (χ4v) is 3.65. The van der Waals surface area contributed by atoms with Gasteiger partial charge in [-0.05, 0) is 53.7 Å². The number of amides is 2. The zero-order valence-electron chi connectivity index (χ0n) is 18.1. The van der Waals surface area contributed by atoms with Crippen LogP contribution in [-0.4, -0.2) is 36.2 Å². The second-order valence-electron chi connectivity index (χ2n) is 8.34. The molecule has 1 aliphatic carbocycles. The number of benzene rings is 2. The minimum absolute atomic E-state index is 0.0364. The van der Waals surface area contributed by atoms with Crippen molar-refractivity contribution in [2.45, 2.75) is 44.8 Å². The molecule has 0 aliphatic heterocycles. The third kappa shape index (κ3) is 5.44. The van der Waals surface area contributed by atoms with E-state index < -0.39 is 36.0 Å². The van der Waals surface area contributed by atoms with Gasteiger partial charge in [0.1, 0.15) is 18.2 Å². The van der Waals surface area contributed by atoms with Gasteiger partial charge in [-0.25, -0.2) is 4.79 Å². The monoisotopic (exact) mass is 436 g/mol. The Hall–Kier alpha value is -3.84. The number of nitrogens with zero attached hydrogens (tertiary/aromatic N) is 3. The highest BCUT2D eigenvalue weighted by atomic mass is 16.6. The molecular weight excluding hydrogens is 412 g/mol. The van der Waals surface area contributed by atoms with Gasteiger partial charge in [0.05, 0.1) is 6.42 Å². The highest BCUT2D eigenvalue weighted by Crippen LogP contribution is 2.44. The van der Waals surface area contributed by atoms with Crippen LogP contribution in [0, 0.1) is 0 Å². The number of nitrogens with one attached hydrogen (secondary N) is 1. The minimum Gasteiger partial charge on any atom is -0.460 e. The Morgan fingerprint density at radius 1 is 1.06 bits per heavy atom. The molecule has 9 nitrogen and oxygen atoms in total. The maximum absolute atomic E-state index is 12.4. The first-order chi connectivity index (χ1) is 15.2. The van der Waals surface area contributed by atoms with Gasteiger partial charge < -0.3 is 14.8 Å². The summed E-state index contributed by atoms with van der Waals surface area (Å²) in [5, 5.41) is 5.30. The molecule has 0 spiro atoms. The molecule has 2 aromatic rings. The number of carbonyl (C=O) groups is 3. The van der Waals surface area contributed by atoms with E-state index in [1.54, 1.807) is 20.8 Å². The van der Waals surface area contributed by atoms with E-state index in [9.17, 15) is 14.4 Å². The first kappa shape index (κ1) is 22.8. The summed E-state index contributed by atoms with van der Waals surface area (Å²) in [5.41, 5.74) is 12.0. The average Bonchev–Trinajstić information content (AvgIpc) is 3.04. The molecule has 0 bridgehead atoms. The fraction of sp³-hybridized carbons (Fsp3) is 0.348. The van der Waals surface area contributed by atoms with Crippen molar-refractivity contribution in [2.24, 2.45) is 5.11 Å². The molecule has 0 saturated heterocycles. The van der Waals surface area contributed by atoms with Gasteiger partial charge in [0.2, 0.25) is 5.91 Å². The number of hydrogen-bond donors (Lipinski definition) is 1. The lowest BCUT2D eigenvalue weighted by Gasteiger charge is -2.22. The van der Waals surface area contributed by atoms with E-state index in [0.717, 1.165) is 22.3 Å². The van der Waals surface area contributed by atoms with Crippen molar-refractivity contribution in [3.8, 4) is 11.1 Å². The van der Waals surface area contributed by atoms with Crippen molar-refractivity contribution in [1.82, 2.24) is 5.32 Å². The zero-order valence-corrected chi connectivity index (χ0v) is 18.1. The van der Waals surface area contributed by atoms with Gasteiger partial charge in [-0.1, -0.05) is 48.5 Å². The van der Waals surface area contributed by atoms with Gasteiger partial charge in [-0.2, -0.15) is 0 Å². The molecule has 9 heteroatoms. The second kappa shape index (κ2) is 9.53. The van der Waals surface area contributed by atoms with Crippen LogP contribution in [0.2, 0.25) is 0 Å². The summed E-state index contributed by atoms with van der Waals surface area (Å²) < 4.78 is 10.6. The molecule has 3 rings (SSSR count). The van der Waals surface area contributed by atoms with Crippen LogP contribution in [0.4, 0.5) is 4.79 Å². The van der Waals surface area contributed by atoms with Gasteiger partial charge in [0.15, 0.2) is 0 Å². The first-order valence-electron chi connectivity index (χ1n) is 10.1. The number of carbonyl (C=O) groups excluding carboxylic acids is 3. The van der Waals surface area contributed by atoms with E-state index in [0.29, 0.717) is 0 Å². The van der Waals surface area contributed by atoms with E-state index in [2.05, 4.69) is 15.3 Å². The molecule has 166 valence electrons. The van der Waals surface area contributed by atoms with Gasteiger partial charge >= 0.3 is 12.1 Å². The Labute approximate surface area is 185 Å². The van der Waals surface area contributed by atoms with Crippen LogP contribution >= 0.6 is 0 Å². The first-order valence-corrected chi connectivity index (χ1v) is 10.1. The molecular formula is C23H24N4O5. The van der Waals surface area contributed by atoms with Crippen LogP contribution in [0.15, 0.2) is 53.6 Å². The van der Waals surface area contributed by atoms with Gasteiger partial charge in [-0.15, -0.1) is 0 Å². The highest BCUT2D eigenvalue weighted by Gasteiger charge is 2.30. The summed E-state index contributed by atoms with van der Waals surface area (Å²) in [7, 11) is 0. The molecule has 2 aromatic carbocycles. The molecule has 0 heterocycles. The third-order valence-electron chi connectivity index (χ3n) is 4.87. The quantitative estimate of drug-likeness (QED) is 0.309. The summed E-state index contributed by atoms with van der Waals surface area (Å²) in [6.07, 6.45) is -1.39. The zero-order chi connectivity index (χ0) is 23.3. The van der Waals surface area contributed by atoms with Crippen molar-refractivity contribution in [2.75, 3.05) is 6.61 Å². The molecule has 1 atom stereocenters. The second-order valence-corrected chi connectivity index (χ2v) is 8.34. The molecule has 0 aromatic heterocycles. The van der Waals surface area contributed by atoms with Crippen molar-refractivity contribution in [1.29, 1.82) is 0 Å². The van der Waals surface area contributed by atoms with Crippen LogP contribution in [0.5, 0.6) is 0 Å². The van der Waals surface area contributed by atoms with Gasteiger partial charge in [0.25, 0.3) is 0 Å². The minimum atomic E-state index is -1.39. The Morgan fingerprint density at radius 2 is 1.62 bits per heavy atom. The van der Waals surface area contributed by atoms with Crippen molar-refractivity contribution in [3.63, 3.8) is 0 Å². The molecule has 2 amide bonds. The number of rotatable bonds is 6. The summed E-state index contributed by atoms with van der Waals surface area (Å²) in [4.78, 5) is 39.0. The predicted molar refractivity (Wildman–Crippen MR) is 117 cm³/mol. The lowest BCUT2D eigenvalue weighted by atomic mass is 9.98. The normalized spacial score (nSPS) is 13.2. The SMILES string of the molecule is CC(C)(C)OC(=O)C[C@H](NC(=O)OCC1c2ccccc2-c2ccccc21)C(=O)N=[N+]=[N-]. The molecule has 1 aliphatic rings. The van der Waals surface area contributed by atoms with E-state index in [4.69, 9.17) is 15.0 Å². The van der Waals surface area contributed by atoms with Crippen molar-refractivity contribution < 1.29 is 23.9 Å². The van der Waals surface area contributed by atoms with E-state index >= 15 is 0 Å².